The first-order valence-corrected chi connectivity index (χ1v) is 6.23. The molecule has 0 unspecified atom stereocenters. The van der Waals surface area contributed by atoms with Gasteiger partial charge in [-0.05, 0) is 23.3 Å². The third-order valence-corrected chi connectivity index (χ3v) is 2.81. The van der Waals surface area contributed by atoms with Crippen molar-refractivity contribution in [3.63, 3.8) is 0 Å². The van der Waals surface area contributed by atoms with Gasteiger partial charge in [0, 0.05) is 0 Å². The fourth-order valence-corrected chi connectivity index (χ4v) is 1.61. The van der Waals surface area contributed by atoms with Crippen molar-refractivity contribution in [2.45, 2.75) is 0 Å². The number of nitriles is 2. The molecule has 4 N–H and O–H groups in total. The molecule has 20 heavy (non-hydrogen) atoms. The minimum absolute atomic E-state index is 0.0149. The molecule has 0 saturated carbocycles. The molecule has 0 aliphatic carbocycles. The Morgan fingerprint density at radius 3 is 1.50 bits per heavy atom. The molecule has 0 spiro atoms. The van der Waals surface area contributed by atoms with Crippen LogP contribution in [-0.2, 0) is 0 Å². The van der Waals surface area contributed by atoms with E-state index in [4.69, 9.17) is 46.4 Å². The van der Waals surface area contributed by atoms with Crippen LogP contribution in [0.15, 0.2) is 35.4 Å². The first-order valence-electron chi connectivity index (χ1n) is 5.41. The Morgan fingerprint density at radius 2 is 1.25 bits per heavy atom. The molecule has 1 rings (SSSR count). The molecule has 0 aliphatic heterocycles. The topological polar surface area (TPSA) is 99.6 Å². The fourth-order valence-electron chi connectivity index (χ4n) is 1.40. The summed E-state index contributed by atoms with van der Waals surface area (Å²) in [5.41, 5.74) is 12.7. The van der Waals surface area contributed by atoms with Gasteiger partial charge in [0.2, 0.25) is 0 Å². The quantitative estimate of drug-likeness (QED) is 0.501. The number of nitrogens with zero attached hydrogens (tertiary/aromatic N) is 2. The molecule has 4 nitrogen and oxygen atoms in total. The van der Waals surface area contributed by atoms with Crippen LogP contribution in [0.4, 0.5) is 0 Å². The van der Waals surface area contributed by atoms with Crippen molar-refractivity contribution in [1.29, 1.82) is 10.5 Å². The molecule has 0 bridgehead atoms. The third kappa shape index (κ3) is 3.99. The number of hydrogen-bond acceptors (Lipinski definition) is 4. The van der Waals surface area contributed by atoms with E-state index in [0.717, 1.165) is 0 Å². The van der Waals surface area contributed by atoms with E-state index in [9.17, 15) is 0 Å². The molecule has 6 heteroatoms. The maximum Gasteiger partial charge on any atom is 0.114 e. The van der Waals surface area contributed by atoms with Crippen molar-refractivity contribution in [1.82, 2.24) is 0 Å². The SMILES string of the molecule is N#C/C(=C/c1ccccc1/C=C(\C#N)C(N)=S)C(N)=S. The van der Waals surface area contributed by atoms with Crippen molar-refractivity contribution in [2.75, 3.05) is 0 Å². The lowest BCUT2D eigenvalue weighted by Crippen LogP contribution is -2.10. The Hall–Kier alpha value is -2.54. The Labute approximate surface area is 127 Å². The van der Waals surface area contributed by atoms with Gasteiger partial charge in [-0.2, -0.15) is 10.5 Å². The summed E-state index contributed by atoms with van der Waals surface area (Å²) in [6, 6.07) is 11.0. The van der Waals surface area contributed by atoms with Gasteiger partial charge in [0.15, 0.2) is 0 Å². The van der Waals surface area contributed by atoms with Crippen LogP contribution in [0, 0.1) is 22.7 Å². The van der Waals surface area contributed by atoms with Crippen LogP contribution in [0.1, 0.15) is 11.1 Å². The smallest absolute Gasteiger partial charge is 0.114 e. The predicted molar refractivity (Wildman–Crippen MR) is 87.2 cm³/mol. The van der Waals surface area contributed by atoms with Crippen molar-refractivity contribution in [3.05, 3.63) is 46.5 Å². The maximum absolute atomic E-state index is 8.97. The molecule has 0 radical (unpaired) electrons. The molecular weight excluding hydrogens is 288 g/mol. The average molecular weight is 298 g/mol. The van der Waals surface area contributed by atoms with Crippen molar-refractivity contribution in [2.24, 2.45) is 11.5 Å². The molecule has 0 aromatic heterocycles. The Kier molecular flexibility index (Phi) is 5.55. The molecule has 98 valence electrons. The van der Waals surface area contributed by atoms with Crippen molar-refractivity contribution >= 4 is 46.6 Å². The van der Waals surface area contributed by atoms with Gasteiger partial charge in [-0.3, -0.25) is 0 Å². The second-order valence-corrected chi connectivity index (χ2v) is 4.58. The number of hydrogen-bond donors (Lipinski definition) is 2. The summed E-state index contributed by atoms with van der Waals surface area (Å²) < 4.78 is 0. The largest absolute Gasteiger partial charge is 0.389 e. The van der Waals surface area contributed by atoms with Gasteiger partial charge < -0.3 is 11.5 Å². The fraction of sp³-hybridized carbons (Fsp3) is 0. The van der Waals surface area contributed by atoms with Crippen LogP contribution in [0.5, 0.6) is 0 Å². The van der Waals surface area contributed by atoms with E-state index in [2.05, 4.69) is 0 Å². The normalized spacial score (nSPS) is 11.3. The Morgan fingerprint density at radius 1 is 0.900 bits per heavy atom. The molecular formula is C14H10N4S2. The standard InChI is InChI=1S/C14H10N4S2/c15-7-11(13(17)19)5-9-3-1-2-4-10(9)6-12(8-16)14(18)20/h1-6H,(H2,17,19)(H2,18,20)/b11-5-,12-6+. The lowest BCUT2D eigenvalue weighted by atomic mass is 10.0. The van der Waals surface area contributed by atoms with Gasteiger partial charge in [-0.15, -0.1) is 0 Å². The third-order valence-electron chi connectivity index (χ3n) is 2.37. The van der Waals surface area contributed by atoms with E-state index in [1.54, 1.807) is 36.4 Å². The van der Waals surface area contributed by atoms with E-state index in [0.29, 0.717) is 11.1 Å². The molecule has 0 amide bonds. The summed E-state index contributed by atoms with van der Waals surface area (Å²) >= 11 is 9.58. The van der Waals surface area contributed by atoms with Crippen LogP contribution in [0.3, 0.4) is 0 Å². The molecule has 0 atom stereocenters. The lowest BCUT2D eigenvalue weighted by molar-refractivity contribution is 1.50. The molecule has 1 aromatic carbocycles. The van der Waals surface area contributed by atoms with E-state index < -0.39 is 0 Å². The van der Waals surface area contributed by atoms with E-state index >= 15 is 0 Å². The van der Waals surface area contributed by atoms with E-state index in [1.807, 2.05) is 12.1 Å². The first kappa shape index (κ1) is 15.5. The summed E-state index contributed by atoms with van der Waals surface area (Å²) in [5.74, 6) is 0. The highest BCUT2D eigenvalue weighted by atomic mass is 32.1. The number of thiocarbonyl (C=S) groups is 2. The summed E-state index contributed by atoms with van der Waals surface area (Å²) in [6.45, 7) is 0. The van der Waals surface area contributed by atoms with Gasteiger partial charge in [-0.25, -0.2) is 0 Å². The average Bonchev–Trinajstić information content (AvgIpc) is 2.42. The van der Waals surface area contributed by atoms with Gasteiger partial charge >= 0.3 is 0 Å². The zero-order valence-electron chi connectivity index (χ0n) is 10.3. The predicted octanol–water partition coefficient (Wildman–Crippen LogP) is 2.07. The zero-order chi connectivity index (χ0) is 15.1. The van der Waals surface area contributed by atoms with Crippen LogP contribution in [0.25, 0.3) is 12.2 Å². The van der Waals surface area contributed by atoms with Crippen molar-refractivity contribution < 1.29 is 0 Å². The monoisotopic (exact) mass is 298 g/mol. The number of nitrogens with two attached hydrogens (primary N) is 2. The summed E-state index contributed by atoms with van der Waals surface area (Å²) in [5, 5.41) is 17.9. The molecule has 0 fully saturated rings. The highest BCUT2D eigenvalue weighted by Gasteiger charge is 2.05. The van der Waals surface area contributed by atoms with Gasteiger partial charge in [-0.1, -0.05) is 48.7 Å². The number of rotatable bonds is 4. The lowest BCUT2D eigenvalue weighted by Gasteiger charge is -2.03. The zero-order valence-corrected chi connectivity index (χ0v) is 12.0. The summed E-state index contributed by atoms with van der Waals surface area (Å²) in [6.07, 6.45) is 3.12. The summed E-state index contributed by atoms with van der Waals surface area (Å²) in [7, 11) is 0. The minimum Gasteiger partial charge on any atom is -0.389 e. The molecule has 0 heterocycles. The Bertz CT molecular complexity index is 642. The highest BCUT2D eigenvalue weighted by molar-refractivity contribution is 7.81. The second-order valence-electron chi connectivity index (χ2n) is 3.70. The van der Waals surface area contributed by atoms with Gasteiger partial charge in [0.1, 0.15) is 22.1 Å². The maximum atomic E-state index is 8.97. The minimum atomic E-state index is 0.0149. The van der Waals surface area contributed by atoms with E-state index in [-0.39, 0.29) is 21.1 Å². The van der Waals surface area contributed by atoms with E-state index in [1.165, 1.54) is 0 Å². The number of benzene rings is 1. The van der Waals surface area contributed by atoms with Crippen LogP contribution < -0.4 is 11.5 Å². The highest BCUT2D eigenvalue weighted by Crippen LogP contribution is 2.17. The van der Waals surface area contributed by atoms with Gasteiger partial charge in [0.25, 0.3) is 0 Å². The Balaban J connectivity index is 3.40. The molecule has 0 aliphatic rings. The summed E-state index contributed by atoms with van der Waals surface area (Å²) in [4.78, 5) is 0.0299. The van der Waals surface area contributed by atoms with Gasteiger partial charge in [0.05, 0.1) is 11.1 Å². The van der Waals surface area contributed by atoms with Crippen LogP contribution >= 0.6 is 24.4 Å². The molecule has 1 aromatic rings. The molecule has 0 saturated heterocycles. The second kappa shape index (κ2) is 7.15. The van der Waals surface area contributed by atoms with Crippen LogP contribution in [-0.4, -0.2) is 9.98 Å². The van der Waals surface area contributed by atoms with Crippen LogP contribution in [0.2, 0.25) is 0 Å². The van der Waals surface area contributed by atoms with Crippen molar-refractivity contribution in [3.8, 4) is 12.1 Å². The first-order chi connectivity index (χ1) is 9.49.